The molecule has 98 valence electrons. The predicted octanol–water partition coefficient (Wildman–Crippen LogP) is 0.889. The van der Waals surface area contributed by atoms with Crippen molar-refractivity contribution < 1.29 is 13.2 Å². The molecule has 0 aliphatic carbocycles. The van der Waals surface area contributed by atoms with Gasteiger partial charge in [-0.05, 0) is 26.8 Å². The first-order chi connectivity index (χ1) is 8.16. The maximum Gasteiger partial charge on any atom is 0.259 e. The minimum absolute atomic E-state index is 0.175. The van der Waals surface area contributed by atoms with Gasteiger partial charge in [-0.15, -0.1) is 0 Å². The molecule has 1 aromatic rings. The molecular weight excluding hydrogens is 278 g/mol. The van der Waals surface area contributed by atoms with Crippen molar-refractivity contribution in [1.82, 2.24) is 14.3 Å². The fraction of sp³-hybridized carbons (Fsp3) is 0.500. The summed E-state index contributed by atoms with van der Waals surface area (Å²) in [5.74, 6) is -0.240. The average Bonchev–Trinajstić information content (AvgIpc) is 2.23. The van der Waals surface area contributed by atoms with Crippen LogP contribution in [0.15, 0.2) is 6.07 Å². The molecule has 0 spiro atoms. The zero-order valence-electron chi connectivity index (χ0n) is 10.1. The average molecular weight is 290 g/mol. The summed E-state index contributed by atoms with van der Waals surface area (Å²) in [7, 11) is -3.61. The second kappa shape index (κ2) is 3.89. The van der Waals surface area contributed by atoms with Gasteiger partial charge >= 0.3 is 0 Å². The van der Waals surface area contributed by atoms with E-state index in [9.17, 15) is 13.2 Å². The Labute approximate surface area is 110 Å². The zero-order valence-corrected chi connectivity index (χ0v) is 11.7. The molecule has 0 N–H and O–H groups in total. The summed E-state index contributed by atoms with van der Waals surface area (Å²) in [4.78, 5) is 19.7. The third kappa shape index (κ3) is 1.78. The zero-order chi connectivity index (χ0) is 13.7. The quantitative estimate of drug-likeness (QED) is 0.755. The summed E-state index contributed by atoms with van der Waals surface area (Å²) in [6, 6.07) is 1.56. The summed E-state index contributed by atoms with van der Waals surface area (Å²) in [5, 5.41) is 0.224. The van der Waals surface area contributed by atoms with Crippen LogP contribution in [0.2, 0.25) is 5.15 Å². The van der Waals surface area contributed by atoms with Crippen LogP contribution in [0, 0.1) is 6.92 Å². The summed E-state index contributed by atoms with van der Waals surface area (Å²) >= 11 is 5.75. The highest BCUT2D eigenvalue weighted by atomic mass is 35.5. The van der Waals surface area contributed by atoms with E-state index in [-0.39, 0.29) is 17.5 Å². The van der Waals surface area contributed by atoms with E-state index in [4.69, 9.17) is 11.6 Å². The van der Waals surface area contributed by atoms with Crippen LogP contribution in [0.25, 0.3) is 0 Å². The largest absolute Gasteiger partial charge is 0.272 e. The molecule has 1 aromatic heterocycles. The van der Waals surface area contributed by atoms with Gasteiger partial charge in [0.2, 0.25) is 0 Å². The third-order valence-corrected chi connectivity index (χ3v) is 5.36. The molecule has 1 amide bonds. The maximum atomic E-state index is 11.9. The first-order valence-electron chi connectivity index (χ1n) is 5.23. The van der Waals surface area contributed by atoms with Crippen LogP contribution < -0.4 is 0 Å². The van der Waals surface area contributed by atoms with Crippen LogP contribution in [-0.4, -0.2) is 33.3 Å². The monoisotopic (exact) mass is 289 g/mol. The fourth-order valence-electron chi connectivity index (χ4n) is 1.70. The van der Waals surface area contributed by atoms with Gasteiger partial charge in [0.05, 0.1) is 6.54 Å². The second-order valence-corrected chi connectivity index (χ2v) is 7.37. The Morgan fingerprint density at radius 2 is 2.00 bits per heavy atom. The summed E-state index contributed by atoms with van der Waals surface area (Å²) in [6.45, 7) is 4.30. The van der Waals surface area contributed by atoms with E-state index in [1.54, 1.807) is 13.0 Å². The van der Waals surface area contributed by atoms with Crippen molar-refractivity contribution in [2.45, 2.75) is 32.1 Å². The molecule has 0 bridgehead atoms. The Hall–Kier alpha value is -1.21. The molecule has 2 rings (SSSR count). The minimum atomic E-state index is -3.61. The number of rotatable bonds is 2. The van der Waals surface area contributed by atoms with Crippen molar-refractivity contribution in [2.24, 2.45) is 0 Å². The molecule has 0 aromatic carbocycles. The summed E-state index contributed by atoms with van der Waals surface area (Å²) < 4.78 is 23.2. The first kappa shape index (κ1) is 13.2. The van der Waals surface area contributed by atoms with Gasteiger partial charge in [0.15, 0.2) is 10.6 Å². The van der Waals surface area contributed by atoms with E-state index in [1.165, 1.54) is 13.8 Å². The SMILES string of the molecule is Cc1cc(Cl)nc(CN2C(=O)C(C)(C)S2(=O)=O)n1. The molecule has 0 radical (unpaired) electrons. The van der Waals surface area contributed by atoms with Gasteiger partial charge in [-0.1, -0.05) is 11.6 Å². The van der Waals surface area contributed by atoms with Crippen molar-refractivity contribution in [3.63, 3.8) is 0 Å². The number of aromatic nitrogens is 2. The second-order valence-electron chi connectivity index (χ2n) is 4.58. The topological polar surface area (TPSA) is 80.2 Å². The number of hydrogen-bond donors (Lipinski definition) is 0. The lowest BCUT2D eigenvalue weighted by atomic mass is 10.2. The molecule has 1 fully saturated rings. The van der Waals surface area contributed by atoms with E-state index in [0.717, 1.165) is 4.31 Å². The number of halogens is 1. The lowest BCUT2D eigenvalue weighted by molar-refractivity contribution is -0.132. The fourth-order valence-corrected chi connectivity index (χ4v) is 3.44. The van der Waals surface area contributed by atoms with Crippen molar-refractivity contribution in [3.8, 4) is 0 Å². The molecular formula is C10H12ClN3O3S. The van der Waals surface area contributed by atoms with Crippen LogP contribution >= 0.6 is 11.6 Å². The molecule has 8 heteroatoms. The van der Waals surface area contributed by atoms with Crippen molar-refractivity contribution >= 4 is 27.5 Å². The number of carbonyl (C=O) groups excluding carboxylic acids is 1. The lowest BCUT2D eigenvalue weighted by Gasteiger charge is -2.42. The van der Waals surface area contributed by atoms with Gasteiger partial charge in [0.25, 0.3) is 15.9 Å². The predicted molar refractivity (Wildman–Crippen MR) is 65.3 cm³/mol. The van der Waals surface area contributed by atoms with Crippen LogP contribution in [0.4, 0.5) is 0 Å². The number of nitrogens with zero attached hydrogens (tertiary/aromatic N) is 3. The molecule has 1 saturated heterocycles. The summed E-state index contributed by atoms with van der Waals surface area (Å²) in [6.07, 6.45) is 0. The Morgan fingerprint density at radius 3 is 2.50 bits per heavy atom. The molecule has 0 saturated carbocycles. The smallest absolute Gasteiger partial charge is 0.259 e. The number of carbonyl (C=O) groups is 1. The molecule has 1 aliphatic rings. The van der Waals surface area contributed by atoms with Gasteiger partial charge in [-0.25, -0.2) is 22.7 Å². The molecule has 0 unspecified atom stereocenters. The van der Waals surface area contributed by atoms with E-state index in [0.29, 0.717) is 5.69 Å². The van der Waals surface area contributed by atoms with Crippen LogP contribution in [0.1, 0.15) is 25.4 Å². The van der Waals surface area contributed by atoms with E-state index < -0.39 is 20.7 Å². The van der Waals surface area contributed by atoms with Crippen molar-refractivity contribution in [3.05, 3.63) is 22.7 Å². The van der Waals surface area contributed by atoms with E-state index in [2.05, 4.69) is 9.97 Å². The van der Waals surface area contributed by atoms with Gasteiger partial charge in [0, 0.05) is 5.69 Å². The number of hydrogen-bond acceptors (Lipinski definition) is 5. The minimum Gasteiger partial charge on any atom is -0.272 e. The summed E-state index contributed by atoms with van der Waals surface area (Å²) in [5.41, 5.74) is 0.620. The normalized spacial score (nSPS) is 20.7. The lowest BCUT2D eigenvalue weighted by Crippen LogP contribution is -2.66. The number of aryl methyl sites for hydroxylation is 1. The molecule has 1 aliphatic heterocycles. The van der Waals surface area contributed by atoms with Gasteiger partial charge < -0.3 is 0 Å². The molecule has 6 nitrogen and oxygen atoms in total. The highest BCUT2D eigenvalue weighted by molar-refractivity contribution is 7.94. The number of amides is 1. The highest BCUT2D eigenvalue weighted by Gasteiger charge is 2.60. The van der Waals surface area contributed by atoms with Gasteiger partial charge in [-0.3, -0.25) is 4.79 Å². The molecule has 0 atom stereocenters. The van der Waals surface area contributed by atoms with E-state index >= 15 is 0 Å². The Bertz CT molecular complexity index is 607. The van der Waals surface area contributed by atoms with Crippen LogP contribution in [0.3, 0.4) is 0 Å². The Balaban J connectivity index is 2.29. The molecule has 2 heterocycles. The van der Waals surface area contributed by atoms with Gasteiger partial charge in [-0.2, -0.15) is 0 Å². The highest BCUT2D eigenvalue weighted by Crippen LogP contribution is 2.35. The Kier molecular flexibility index (Phi) is 2.86. The first-order valence-corrected chi connectivity index (χ1v) is 7.05. The standard InChI is InChI=1S/C10H12ClN3O3S/c1-6-4-7(11)13-8(12-6)5-14-9(15)10(2,3)18(14,16)17/h4H,5H2,1-3H3. The van der Waals surface area contributed by atoms with E-state index in [1.807, 2.05) is 0 Å². The van der Waals surface area contributed by atoms with Crippen molar-refractivity contribution in [2.75, 3.05) is 0 Å². The Morgan fingerprint density at radius 1 is 1.39 bits per heavy atom. The van der Waals surface area contributed by atoms with Crippen LogP contribution in [0.5, 0.6) is 0 Å². The third-order valence-electron chi connectivity index (χ3n) is 2.83. The van der Waals surface area contributed by atoms with Gasteiger partial charge in [0.1, 0.15) is 5.15 Å². The molecule has 18 heavy (non-hydrogen) atoms. The maximum absolute atomic E-state index is 11.9. The number of sulfonamides is 1. The van der Waals surface area contributed by atoms with Crippen molar-refractivity contribution in [1.29, 1.82) is 0 Å². The van der Waals surface area contributed by atoms with Crippen LogP contribution in [-0.2, 0) is 21.4 Å².